The SMILES string of the molecule is CC[C@@H](NS(=O)C(C)C)c1ccc(Cl)c(O)c1F. The molecule has 0 radical (unpaired) electrons. The monoisotopic (exact) mass is 293 g/mol. The summed E-state index contributed by atoms with van der Waals surface area (Å²) in [4.78, 5) is 0. The summed E-state index contributed by atoms with van der Waals surface area (Å²) in [6, 6.07) is 2.50. The summed E-state index contributed by atoms with van der Waals surface area (Å²) in [6.45, 7) is 5.47. The molecule has 1 aromatic carbocycles. The van der Waals surface area contributed by atoms with Crippen LogP contribution in [0, 0.1) is 5.82 Å². The molecule has 0 aromatic heterocycles. The van der Waals surface area contributed by atoms with Crippen molar-refractivity contribution < 1.29 is 13.7 Å². The van der Waals surface area contributed by atoms with Crippen molar-refractivity contribution in [3.8, 4) is 5.75 Å². The van der Waals surface area contributed by atoms with Gasteiger partial charge in [0.05, 0.1) is 16.0 Å². The number of aromatic hydroxyl groups is 1. The van der Waals surface area contributed by atoms with Crippen molar-refractivity contribution in [2.45, 2.75) is 38.5 Å². The molecule has 1 rings (SSSR count). The number of hydrogen-bond donors (Lipinski definition) is 2. The first-order chi connectivity index (χ1) is 8.38. The number of halogens is 2. The highest BCUT2D eigenvalue weighted by molar-refractivity contribution is 7.83. The summed E-state index contributed by atoms with van der Waals surface area (Å²) in [5, 5.41) is 9.37. The van der Waals surface area contributed by atoms with Gasteiger partial charge in [0.2, 0.25) is 0 Å². The van der Waals surface area contributed by atoms with Crippen molar-refractivity contribution in [2.24, 2.45) is 0 Å². The van der Waals surface area contributed by atoms with Gasteiger partial charge in [-0.1, -0.05) is 24.6 Å². The summed E-state index contributed by atoms with van der Waals surface area (Å²) >= 11 is 5.62. The van der Waals surface area contributed by atoms with Crippen LogP contribution in [0.5, 0.6) is 5.75 Å². The van der Waals surface area contributed by atoms with E-state index in [2.05, 4.69) is 4.72 Å². The Balaban J connectivity index is 3.03. The van der Waals surface area contributed by atoms with Gasteiger partial charge in [0.25, 0.3) is 0 Å². The molecular formula is C12H17ClFNO2S. The first kappa shape index (κ1) is 15.4. The van der Waals surface area contributed by atoms with Gasteiger partial charge >= 0.3 is 0 Å². The highest BCUT2D eigenvalue weighted by atomic mass is 35.5. The number of phenols is 1. The molecule has 0 aliphatic heterocycles. The Labute approximate surface area is 114 Å². The minimum atomic E-state index is -1.25. The predicted octanol–water partition coefficient (Wildman–Crippen LogP) is 3.30. The van der Waals surface area contributed by atoms with E-state index in [-0.39, 0.29) is 15.8 Å². The Bertz CT molecular complexity index is 454. The van der Waals surface area contributed by atoms with E-state index in [0.717, 1.165) is 0 Å². The third-order valence-corrected chi connectivity index (χ3v) is 4.25. The zero-order valence-corrected chi connectivity index (χ0v) is 12.1. The van der Waals surface area contributed by atoms with Crippen LogP contribution in [0.2, 0.25) is 5.02 Å². The van der Waals surface area contributed by atoms with Gasteiger partial charge in [-0.15, -0.1) is 0 Å². The molecule has 0 bridgehead atoms. The summed E-state index contributed by atoms with van der Waals surface area (Å²) < 4.78 is 28.5. The van der Waals surface area contributed by atoms with Crippen molar-refractivity contribution in [2.75, 3.05) is 0 Å². The van der Waals surface area contributed by atoms with Gasteiger partial charge in [-0.3, -0.25) is 0 Å². The molecule has 2 N–H and O–H groups in total. The fraction of sp³-hybridized carbons (Fsp3) is 0.500. The number of hydrogen-bond acceptors (Lipinski definition) is 2. The molecule has 0 spiro atoms. The van der Waals surface area contributed by atoms with E-state index in [1.165, 1.54) is 12.1 Å². The molecule has 1 aromatic rings. The van der Waals surface area contributed by atoms with Crippen molar-refractivity contribution >= 4 is 22.6 Å². The number of nitrogens with one attached hydrogen (secondary N) is 1. The second kappa shape index (κ2) is 6.50. The fourth-order valence-corrected chi connectivity index (χ4v) is 2.46. The van der Waals surface area contributed by atoms with Gasteiger partial charge in [-0.05, 0) is 26.3 Å². The Morgan fingerprint density at radius 3 is 2.61 bits per heavy atom. The van der Waals surface area contributed by atoms with Crippen LogP contribution in [0.15, 0.2) is 12.1 Å². The third-order valence-electron chi connectivity index (χ3n) is 2.57. The van der Waals surface area contributed by atoms with Crippen LogP contribution >= 0.6 is 11.6 Å². The van der Waals surface area contributed by atoms with Crippen LogP contribution in [0.3, 0.4) is 0 Å². The van der Waals surface area contributed by atoms with Crippen molar-refractivity contribution in [1.29, 1.82) is 0 Å². The van der Waals surface area contributed by atoms with Gasteiger partial charge < -0.3 is 5.11 Å². The Kier molecular flexibility index (Phi) is 5.56. The van der Waals surface area contributed by atoms with Crippen LogP contribution in [-0.2, 0) is 11.0 Å². The second-order valence-electron chi connectivity index (χ2n) is 4.22. The lowest BCUT2D eigenvalue weighted by Gasteiger charge is -2.19. The maximum atomic E-state index is 13.9. The Morgan fingerprint density at radius 2 is 2.11 bits per heavy atom. The summed E-state index contributed by atoms with van der Waals surface area (Å²) in [7, 11) is -1.25. The molecule has 0 amide bonds. The topological polar surface area (TPSA) is 49.3 Å². The molecule has 3 nitrogen and oxygen atoms in total. The first-order valence-electron chi connectivity index (χ1n) is 5.72. The average Bonchev–Trinajstić information content (AvgIpc) is 2.33. The molecule has 0 saturated carbocycles. The van der Waals surface area contributed by atoms with Gasteiger partial charge in [-0.25, -0.2) is 13.3 Å². The minimum Gasteiger partial charge on any atom is -0.504 e. The normalized spacial score (nSPS) is 14.8. The van der Waals surface area contributed by atoms with E-state index in [1.54, 1.807) is 0 Å². The molecule has 18 heavy (non-hydrogen) atoms. The quantitative estimate of drug-likeness (QED) is 0.875. The van der Waals surface area contributed by atoms with E-state index in [4.69, 9.17) is 11.6 Å². The highest BCUT2D eigenvalue weighted by Crippen LogP contribution is 2.32. The van der Waals surface area contributed by atoms with E-state index in [9.17, 15) is 13.7 Å². The molecule has 0 fully saturated rings. The molecule has 0 saturated heterocycles. The summed E-state index contributed by atoms with van der Waals surface area (Å²) in [5.74, 6) is -1.33. The number of benzene rings is 1. The van der Waals surface area contributed by atoms with Crippen LogP contribution in [0.1, 0.15) is 38.8 Å². The van der Waals surface area contributed by atoms with Gasteiger partial charge in [0, 0.05) is 16.9 Å². The third kappa shape index (κ3) is 3.43. The van der Waals surface area contributed by atoms with Gasteiger partial charge in [0.1, 0.15) is 0 Å². The predicted molar refractivity (Wildman–Crippen MR) is 72.5 cm³/mol. The van der Waals surface area contributed by atoms with Crippen LogP contribution < -0.4 is 4.72 Å². The lowest BCUT2D eigenvalue weighted by molar-refractivity contribution is 0.423. The number of rotatable bonds is 5. The molecule has 6 heteroatoms. The molecule has 2 atom stereocenters. The van der Waals surface area contributed by atoms with Crippen molar-refractivity contribution in [3.05, 3.63) is 28.5 Å². The van der Waals surface area contributed by atoms with E-state index in [1.807, 2.05) is 20.8 Å². The zero-order chi connectivity index (χ0) is 13.9. The maximum Gasteiger partial charge on any atom is 0.171 e. The number of phenolic OH excluding ortho intramolecular Hbond substituents is 1. The molecule has 102 valence electrons. The molecule has 0 aliphatic carbocycles. The molecular weight excluding hydrogens is 277 g/mol. The lowest BCUT2D eigenvalue weighted by Crippen LogP contribution is -2.28. The largest absolute Gasteiger partial charge is 0.504 e. The van der Waals surface area contributed by atoms with Crippen molar-refractivity contribution in [1.82, 2.24) is 4.72 Å². The first-order valence-corrected chi connectivity index (χ1v) is 7.31. The van der Waals surface area contributed by atoms with Crippen LogP contribution in [-0.4, -0.2) is 14.6 Å². The van der Waals surface area contributed by atoms with Gasteiger partial charge in [-0.2, -0.15) is 0 Å². The fourth-order valence-electron chi connectivity index (χ4n) is 1.47. The molecule has 0 aliphatic rings. The second-order valence-corrected chi connectivity index (χ2v) is 6.40. The van der Waals surface area contributed by atoms with Crippen LogP contribution in [0.4, 0.5) is 4.39 Å². The molecule has 0 heterocycles. The smallest absolute Gasteiger partial charge is 0.171 e. The minimum absolute atomic E-state index is 0.0314. The van der Waals surface area contributed by atoms with E-state index < -0.39 is 28.6 Å². The zero-order valence-electron chi connectivity index (χ0n) is 10.5. The van der Waals surface area contributed by atoms with E-state index in [0.29, 0.717) is 6.42 Å². The Morgan fingerprint density at radius 1 is 1.50 bits per heavy atom. The summed E-state index contributed by atoms with van der Waals surface area (Å²) in [6.07, 6.45) is 0.552. The Hall–Kier alpha value is -0.650. The van der Waals surface area contributed by atoms with Crippen LogP contribution in [0.25, 0.3) is 0 Å². The standard InChI is InChI=1S/C12H17ClFNO2S/c1-4-10(15-18(17)7(2)3)8-5-6-9(13)12(16)11(8)14/h5-7,10,15-16H,4H2,1-3H3/t10-,18?/m1/s1. The van der Waals surface area contributed by atoms with Crippen molar-refractivity contribution in [3.63, 3.8) is 0 Å². The average molecular weight is 294 g/mol. The lowest BCUT2D eigenvalue weighted by atomic mass is 10.0. The van der Waals surface area contributed by atoms with Gasteiger partial charge in [0.15, 0.2) is 11.6 Å². The maximum absolute atomic E-state index is 13.9. The highest BCUT2D eigenvalue weighted by Gasteiger charge is 2.20. The van der Waals surface area contributed by atoms with E-state index >= 15 is 0 Å². The summed E-state index contributed by atoms with van der Waals surface area (Å²) in [5.41, 5.74) is 0.272. The molecule has 1 unspecified atom stereocenters.